The zero-order chi connectivity index (χ0) is 36.4. The highest BCUT2D eigenvalue weighted by atomic mass is 35.5. The number of phenolic OH excluding ortho intramolecular Hbond substituents is 1. The minimum Gasteiger partial charge on any atom is -0.507 e. The molecule has 6 unspecified atom stereocenters. The van der Waals surface area contributed by atoms with E-state index in [2.05, 4.69) is 5.43 Å². The fraction of sp³-hybridized carbons (Fsp3) is 0.368. The van der Waals surface area contributed by atoms with Crippen LogP contribution in [-0.4, -0.2) is 66.5 Å². The summed E-state index contributed by atoms with van der Waals surface area (Å²) in [5.74, 6) is -4.86. The number of imide groups is 2. The molecule has 4 amide bonds. The van der Waals surface area contributed by atoms with E-state index in [-0.39, 0.29) is 52.4 Å². The zero-order valence-corrected chi connectivity index (χ0v) is 30.0. The molecule has 0 aromatic heterocycles. The highest BCUT2D eigenvalue weighted by Gasteiger charge is 2.71. The van der Waals surface area contributed by atoms with E-state index in [1.54, 1.807) is 42.5 Å². The van der Waals surface area contributed by atoms with Crippen molar-refractivity contribution >= 4 is 52.5 Å². The van der Waals surface area contributed by atoms with Gasteiger partial charge in [0, 0.05) is 35.2 Å². The Balaban J connectivity index is 1.51. The number of phenols is 1. The van der Waals surface area contributed by atoms with Crippen LogP contribution in [0.1, 0.15) is 43.2 Å². The Bertz CT molecular complexity index is 1980. The molecule has 11 nitrogen and oxygen atoms in total. The fourth-order valence-corrected chi connectivity index (χ4v) is 9.28. The van der Waals surface area contributed by atoms with Crippen LogP contribution >= 0.6 is 23.2 Å². The van der Waals surface area contributed by atoms with Crippen molar-refractivity contribution in [2.75, 3.05) is 33.3 Å². The first kappa shape index (κ1) is 34.7. The van der Waals surface area contributed by atoms with E-state index >= 15 is 4.79 Å². The van der Waals surface area contributed by atoms with Crippen molar-refractivity contribution < 1.29 is 38.5 Å². The highest BCUT2D eigenvalue weighted by molar-refractivity contribution is 6.36. The average Bonchev–Trinajstić information content (AvgIpc) is 3.49. The molecule has 3 aromatic carbocycles. The van der Waals surface area contributed by atoms with Crippen LogP contribution in [0.15, 0.2) is 66.2 Å². The number of carbonyl (C=O) groups excluding carboxylic acids is 4. The van der Waals surface area contributed by atoms with Crippen molar-refractivity contribution in [2.45, 2.75) is 37.5 Å². The lowest BCUT2D eigenvalue weighted by Crippen LogP contribution is -2.53. The molecule has 2 aliphatic heterocycles. The van der Waals surface area contributed by atoms with Gasteiger partial charge in [0.2, 0.25) is 11.8 Å². The topological polar surface area (TPSA) is 135 Å². The molecular weight excluding hydrogens is 697 g/mol. The predicted molar refractivity (Wildman–Crippen MR) is 189 cm³/mol. The third-order valence-electron chi connectivity index (χ3n) is 11.0. The van der Waals surface area contributed by atoms with Crippen molar-refractivity contribution in [2.24, 2.45) is 23.7 Å². The van der Waals surface area contributed by atoms with Crippen LogP contribution in [0.3, 0.4) is 0 Å². The molecule has 3 aromatic rings. The summed E-state index contributed by atoms with van der Waals surface area (Å²) < 4.78 is 16.8. The number of nitrogens with one attached hydrogen (secondary N) is 1. The number of halogens is 2. The lowest BCUT2D eigenvalue weighted by atomic mass is 9.49. The quantitative estimate of drug-likeness (QED) is 0.197. The summed E-state index contributed by atoms with van der Waals surface area (Å²) in [6, 6.07) is 14.6. The van der Waals surface area contributed by atoms with Gasteiger partial charge in [-0.2, -0.15) is 5.01 Å². The van der Waals surface area contributed by atoms with Crippen molar-refractivity contribution in [3.63, 3.8) is 0 Å². The van der Waals surface area contributed by atoms with E-state index in [1.165, 1.54) is 38.4 Å². The van der Waals surface area contributed by atoms with E-state index in [4.69, 9.17) is 37.4 Å². The van der Waals surface area contributed by atoms with Crippen LogP contribution in [0.5, 0.6) is 23.0 Å². The second-order valence-corrected chi connectivity index (χ2v) is 14.1. The van der Waals surface area contributed by atoms with Gasteiger partial charge in [0.05, 0.1) is 55.2 Å². The second-order valence-electron chi connectivity index (χ2n) is 13.3. The van der Waals surface area contributed by atoms with E-state index in [0.717, 1.165) is 5.01 Å². The van der Waals surface area contributed by atoms with E-state index in [0.29, 0.717) is 40.6 Å². The summed E-state index contributed by atoms with van der Waals surface area (Å²) in [6.07, 6.45) is 2.87. The van der Waals surface area contributed by atoms with Gasteiger partial charge in [0.15, 0.2) is 0 Å². The summed E-state index contributed by atoms with van der Waals surface area (Å²) in [6.45, 7) is 2.20. The largest absolute Gasteiger partial charge is 0.507 e. The SMILES string of the molecule is CCCN1C(=O)C2CC=C3C(CC4C(=O)N(Nc5ccc(Cl)cc5Cl)C(=O)C4(c4ccc(OC)cc4)C3c3c(O)cc(OC)cc3OC)C2C1=O. The number of rotatable bonds is 9. The van der Waals surface area contributed by atoms with Gasteiger partial charge in [0.1, 0.15) is 23.0 Å². The Morgan fingerprint density at radius 3 is 2.25 bits per heavy atom. The second kappa shape index (κ2) is 13.1. The Hall–Kier alpha value is -4.74. The minimum absolute atomic E-state index is 0.0881. The number of methoxy groups -OCH3 is 3. The molecule has 2 heterocycles. The molecule has 266 valence electrons. The van der Waals surface area contributed by atoms with Gasteiger partial charge in [0.25, 0.3) is 11.8 Å². The fourth-order valence-electron chi connectivity index (χ4n) is 8.83. The van der Waals surface area contributed by atoms with Gasteiger partial charge in [-0.05, 0) is 61.1 Å². The molecule has 51 heavy (non-hydrogen) atoms. The van der Waals surface area contributed by atoms with E-state index < -0.39 is 46.8 Å². The number of anilines is 1. The lowest BCUT2D eigenvalue weighted by Gasteiger charge is -2.50. The van der Waals surface area contributed by atoms with E-state index in [1.807, 2.05) is 13.0 Å². The van der Waals surface area contributed by atoms with Gasteiger partial charge < -0.3 is 19.3 Å². The summed E-state index contributed by atoms with van der Waals surface area (Å²) in [4.78, 5) is 59.4. The van der Waals surface area contributed by atoms with Crippen LogP contribution in [-0.2, 0) is 24.6 Å². The number of benzene rings is 3. The maximum atomic E-state index is 15.4. The Morgan fingerprint density at radius 2 is 1.61 bits per heavy atom. The van der Waals surface area contributed by atoms with Gasteiger partial charge in [-0.3, -0.25) is 29.5 Å². The normalized spacial score (nSPS) is 26.8. The maximum absolute atomic E-state index is 15.4. The highest BCUT2D eigenvalue weighted by Crippen LogP contribution is 2.66. The maximum Gasteiger partial charge on any atom is 0.260 e. The lowest BCUT2D eigenvalue weighted by molar-refractivity contribution is -0.141. The monoisotopic (exact) mass is 733 g/mol. The number of ether oxygens (including phenoxy) is 3. The third-order valence-corrected chi connectivity index (χ3v) is 11.5. The number of allylic oxidation sites excluding steroid dienone is 2. The van der Waals surface area contributed by atoms with Crippen molar-refractivity contribution in [1.29, 1.82) is 0 Å². The molecule has 2 aliphatic carbocycles. The Labute approximate surface area is 305 Å². The molecule has 3 fully saturated rings. The number of aromatic hydroxyl groups is 1. The summed E-state index contributed by atoms with van der Waals surface area (Å²) in [5.41, 5.74) is 2.99. The zero-order valence-electron chi connectivity index (χ0n) is 28.4. The number of hydrogen-bond acceptors (Lipinski definition) is 9. The number of carbonyl (C=O) groups is 4. The number of hydrogen-bond donors (Lipinski definition) is 2. The molecule has 1 saturated carbocycles. The molecule has 0 bridgehead atoms. The molecule has 2 saturated heterocycles. The van der Waals surface area contributed by atoms with Gasteiger partial charge in [-0.1, -0.05) is 53.9 Å². The third kappa shape index (κ3) is 5.15. The van der Waals surface area contributed by atoms with Crippen molar-refractivity contribution in [1.82, 2.24) is 9.91 Å². The van der Waals surface area contributed by atoms with Gasteiger partial charge in [-0.15, -0.1) is 0 Å². The number of nitrogens with zero attached hydrogens (tertiary/aromatic N) is 2. The summed E-state index contributed by atoms with van der Waals surface area (Å²) in [5, 5.41) is 13.4. The Kier molecular flexibility index (Phi) is 8.91. The minimum atomic E-state index is -1.67. The van der Waals surface area contributed by atoms with Crippen LogP contribution < -0.4 is 19.6 Å². The molecular formula is C38H37Cl2N3O8. The van der Waals surface area contributed by atoms with Crippen LogP contribution in [0.2, 0.25) is 10.0 Å². The standard InChI is InChI=1S/C38H37Cl2N3O8/c1-5-14-42-34(45)24-12-11-23-25(31(24)36(42)47)18-26-35(46)43(41-28-13-8-20(39)15-27(28)40)37(48)38(26,19-6-9-21(49-2)10-7-19)33(23)32-29(44)16-22(50-3)17-30(32)51-4/h6-11,13,15-17,24-26,31,33,41,44H,5,12,14,18H2,1-4H3. The predicted octanol–water partition coefficient (Wildman–Crippen LogP) is 6.12. The van der Waals surface area contributed by atoms with Crippen LogP contribution in [0.4, 0.5) is 5.69 Å². The molecule has 0 spiro atoms. The van der Waals surface area contributed by atoms with Gasteiger partial charge in [-0.25, -0.2) is 0 Å². The molecule has 4 aliphatic rings. The molecule has 2 N–H and O–H groups in total. The summed E-state index contributed by atoms with van der Waals surface area (Å²) >= 11 is 12.7. The first-order chi connectivity index (χ1) is 24.5. The van der Waals surface area contributed by atoms with Crippen LogP contribution in [0.25, 0.3) is 0 Å². The average molecular weight is 735 g/mol. The smallest absolute Gasteiger partial charge is 0.260 e. The first-order valence-corrected chi connectivity index (χ1v) is 17.5. The molecule has 0 radical (unpaired) electrons. The molecule has 13 heteroatoms. The number of amides is 4. The molecule has 6 atom stereocenters. The van der Waals surface area contributed by atoms with Gasteiger partial charge >= 0.3 is 0 Å². The van der Waals surface area contributed by atoms with Crippen LogP contribution in [0, 0.1) is 23.7 Å². The first-order valence-electron chi connectivity index (χ1n) is 16.8. The van der Waals surface area contributed by atoms with E-state index in [9.17, 15) is 19.5 Å². The number of fused-ring (bicyclic) bond motifs is 4. The molecule has 7 rings (SSSR count). The van der Waals surface area contributed by atoms with Crippen molar-refractivity contribution in [3.8, 4) is 23.0 Å². The Morgan fingerprint density at radius 1 is 0.882 bits per heavy atom. The van der Waals surface area contributed by atoms with Crippen molar-refractivity contribution in [3.05, 3.63) is 87.4 Å². The number of hydrazine groups is 1. The number of likely N-dealkylation sites (tertiary alicyclic amines) is 1. The summed E-state index contributed by atoms with van der Waals surface area (Å²) in [7, 11) is 4.43.